The van der Waals surface area contributed by atoms with E-state index in [0.29, 0.717) is 12.3 Å². The van der Waals surface area contributed by atoms with Crippen LogP contribution in [-0.2, 0) is 0 Å². The van der Waals surface area contributed by atoms with Gasteiger partial charge in [-0.2, -0.15) is 0 Å². The third-order valence-electron chi connectivity index (χ3n) is 4.10. The van der Waals surface area contributed by atoms with E-state index in [1.807, 2.05) is 54.6 Å². The summed E-state index contributed by atoms with van der Waals surface area (Å²) in [6.07, 6.45) is 5.67. The average molecular weight is 280 g/mol. The lowest BCUT2D eigenvalue weighted by atomic mass is 9.97. The molecule has 0 unspecified atom stereocenters. The Hall–Kier alpha value is -2.09. The van der Waals surface area contributed by atoms with E-state index in [1.54, 1.807) is 0 Å². The third kappa shape index (κ3) is 3.72. The zero-order chi connectivity index (χ0) is 14.5. The van der Waals surface area contributed by atoms with Gasteiger partial charge in [-0.15, -0.1) is 0 Å². The fourth-order valence-electron chi connectivity index (χ4n) is 2.93. The van der Waals surface area contributed by atoms with Gasteiger partial charge in [-0.3, -0.25) is 4.79 Å². The van der Waals surface area contributed by atoms with Crippen LogP contribution in [0, 0.1) is 5.92 Å². The van der Waals surface area contributed by atoms with E-state index in [1.165, 1.54) is 25.7 Å². The van der Waals surface area contributed by atoms with E-state index >= 15 is 0 Å². The van der Waals surface area contributed by atoms with E-state index in [2.05, 4.69) is 0 Å². The molecule has 0 spiro atoms. The van der Waals surface area contributed by atoms with Crippen LogP contribution in [-0.4, -0.2) is 5.78 Å². The molecule has 21 heavy (non-hydrogen) atoms. The fraction of sp³-hybridized carbons (Fsp3) is 0.316. The van der Waals surface area contributed by atoms with Gasteiger partial charge in [0.1, 0.15) is 11.5 Å². The maximum Gasteiger partial charge on any atom is 0.163 e. The lowest BCUT2D eigenvalue weighted by Crippen LogP contribution is -2.05. The molecule has 2 nitrogen and oxygen atoms in total. The molecule has 2 heteroatoms. The van der Waals surface area contributed by atoms with Crippen molar-refractivity contribution in [1.29, 1.82) is 0 Å². The first kappa shape index (κ1) is 13.9. The average Bonchev–Trinajstić information content (AvgIpc) is 3.02. The second-order valence-electron chi connectivity index (χ2n) is 5.72. The highest BCUT2D eigenvalue weighted by Gasteiger charge is 2.19. The van der Waals surface area contributed by atoms with E-state index in [-0.39, 0.29) is 5.78 Å². The number of rotatable bonds is 5. The summed E-state index contributed by atoms with van der Waals surface area (Å²) in [4.78, 5) is 12.2. The van der Waals surface area contributed by atoms with Gasteiger partial charge in [-0.1, -0.05) is 43.9 Å². The number of benzene rings is 2. The number of carbonyl (C=O) groups excluding carboxylic acids is 1. The van der Waals surface area contributed by atoms with Crippen molar-refractivity contribution in [2.24, 2.45) is 5.92 Å². The topological polar surface area (TPSA) is 26.3 Å². The second kappa shape index (κ2) is 6.57. The highest BCUT2D eigenvalue weighted by molar-refractivity contribution is 5.96. The Bertz CT molecular complexity index is 581. The van der Waals surface area contributed by atoms with Crippen molar-refractivity contribution in [3.8, 4) is 11.5 Å². The molecule has 0 aromatic heterocycles. The Morgan fingerprint density at radius 1 is 0.905 bits per heavy atom. The molecule has 3 rings (SSSR count). The van der Waals surface area contributed by atoms with Crippen molar-refractivity contribution >= 4 is 5.78 Å². The van der Waals surface area contributed by atoms with E-state index < -0.39 is 0 Å². The summed E-state index contributed by atoms with van der Waals surface area (Å²) in [5.74, 6) is 2.42. The predicted molar refractivity (Wildman–Crippen MR) is 83.9 cm³/mol. The summed E-state index contributed by atoms with van der Waals surface area (Å²) < 4.78 is 5.74. The summed E-state index contributed by atoms with van der Waals surface area (Å²) >= 11 is 0. The van der Waals surface area contributed by atoms with Gasteiger partial charge in [-0.05, 0) is 42.3 Å². The van der Waals surface area contributed by atoms with Crippen LogP contribution < -0.4 is 4.74 Å². The van der Waals surface area contributed by atoms with Gasteiger partial charge in [0.15, 0.2) is 5.78 Å². The molecule has 1 fully saturated rings. The molecule has 0 aliphatic heterocycles. The molecule has 0 bridgehead atoms. The van der Waals surface area contributed by atoms with Crippen molar-refractivity contribution in [3.63, 3.8) is 0 Å². The molecule has 0 amide bonds. The van der Waals surface area contributed by atoms with Gasteiger partial charge in [0.05, 0.1) is 0 Å². The lowest BCUT2D eigenvalue weighted by Gasteiger charge is -2.09. The summed E-state index contributed by atoms with van der Waals surface area (Å²) in [6, 6.07) is 17.1. The number of carbonyl (C=O) groups is 1. The molecule has 108 valence electrons. The molecule has 0 N–H and O–H groups in total. The largest absolute Gasteiger partial charge is 0.457 e. The van der Waals surface area contributed by atoms with Crippen LogP contribution in [0.3, 0.4) is 0 Å². The van der Waals surface area contributed by atoms with E-state index in [9.17, 15) is 4.79 Å². The van der Waals surface area contributed by atoms with Gasteiger partial charge < -0.3 is 4.74 Å². The third-order valence-corrected chi connectivity index (χ3v) is 4.10. The Kier molecular flexibility index (Phi) is 4.34. The molecule has 0 atom stereocenters. The van der Waals surface area contributed by atoms with E-state index in [0.717, 1.165) is 17.1 Å². The number of ketones is 1. The van der Waals surface area contributed by atoms with Crippen molar-refractivity contribution in [3.05, 3.63) is 60.2 Å². The molecular formula is C19H20O2. The van der Waals surface area contributed by atoms with Gasteiger partial charge in [-0.25, -0.2) is 0 Å². The predicted octanol–water partition coefficient (Wildman–Crippen LogP) is 5.24. The Balaban J connectivity index is 1.62. The summed E-state index contributed by atoms with van der Waals surface area (Å²) in [5, 5.41) is 0. The molecule has 1 aliphatic carbocycles. The van der Waals surface area contributed by atoms with E-state index in [4.69, 9.17) is 4.74 Å². The fourth-order valence-corrected chi connectivity index (χ4v) is 2.93. The van der Waals surface area contributed by atoms with Gasteiger partial charge in [0, 0.05) is 12.0 Å². The van der Waals surface area contributed by atoms with Crippen LogP contribution in [0.2, 0.25) is 0 Å². The van der Waals surface area contributed by atoms with Gasteiger partial charge in [0.2, 0.25) is 0 Å². The quantitative estimate of drug-likeness (QED) is 0.700. The normalized spacial score (nSPS) is 15.0. The Morgan fingerprint density at radius 2 is 1.52 bits per heavy atom. The standard InChI is InChI=1S/C19H20O2/c20-19(14-15-6-4-5-7-15)16-10-12-18(13-11-16)21-17-8-2-1-3-9-17/h1-3,8-13,15H,4-7,14H2. The van der Waals surface area contributed by atoms with Crippen LogP contribution in [0.5, 0.6) is 11.5 Å². The van der Waals surface area contributed by atoms with Crippen molar-refractivity contribution in [1.82, 2.24) is 0 Å². The van der Waals surface area contributed by atoms with Crippen LogP contribution in [0.1, 0.15) is 42.5 Å². The molecule has 1 saturated carbocycles. The van der Waals surface area contributed by atoms with Crippen LogP contribution in [0.15, 0.2) is 54.6 Å². The highest BCUT2D eigenvalue weighted by atomic mass is 16.5. The minimum Gasteiger partial charge on any atom is -0.457 e. The van der Waals surface area contributed by atoms with Crippen LogP contribution in [0.25, 0.3) is 0 Å². The zero-order valence-electron chi connectivity index (χ0n) is 12.1. The van der Waals surface area contributed by atoms with Crippen molar-refractivity contribution < 1.29 is 9.53 Å². The molecule has 0 saturated heterocycles. The Morgan fingerprint density at radius 3 is 2.19 bits per heavy atom. The van der Waals surface area contributed by atoms with Crippen LogP contribution in [0.4, 0.5) is 0 Å². The SMILES string of the molecule is O=C(CC1CCCC1)c1ccc(Oc2ccccc2)cc1. The zero-order valence-corrected chi connectivity index (χ0v) is 12.1. The first-order valence-electron chi connectivity index (χ1n) is 7.67. The van der Waals surface area contributed by atoms with Gasteiger partial charge >= 0.3 is 0 Å². The number of hydrogen-bond acceptors (Lipinski definition) is 2. The first-order valence-corrected chi connectivity index (χ1v) is 7.67. The number of ether oxygens (including phenoxy) is 1. The summed E-state index contributed by atoms with van der Waals surface area (Å²) in [6.45, 7) is 0. The van der Waals surface area contributed by atoms with Crippen molar-refractivity contribution in [2.45, 2.75) is 32.1 Å². The maximum atomic E-state index is 12.2. The molecule has 2 aromatic carbocycles. The molecular weight excluding hydrogens is 260 g/mol. The number of hydrogen-bond donors (Lipinski definition) is 0. The number of para-hydroxylation sites is 1. The van der Waals surface area contributed by atoms with Crippen molar-refractivity contribution in [2.75, 3.05) is 0 Å². The molecule has 0 radical (unpaired) electrons. The molecule has 2 aromatic rings. The lowest BCUT2D eigenvalue weighted by molar-refractivity contribution is 0.0962. The first-order chi connectivity index (χ1) is 10.3. The second-order valence-corrected chi connectivity index (χ2v) is 5.72. The minimum atomic E-state index is 0.258. The van der Waals surface area contributed by atoms with Gasteiger partial charge in [0.25, 0.3) is 0 Å². The Labute approximate surface area is 125 Å². The maximum absolute atomic E-state index is 12.2. The number of Topliss-reactive ketones (excluding diaryl/α,β-unsaturated/α-hetero) is 1. The summed E-state index contributed by atoms with van der Waals surface area (Å²) in [7, 11) is 0. The minimum absolute atomic E-state index is 0.258. The smallest absolute Gasteiger partial charge is 0.163 e. The summed E-state index contributed by atoms with van der Waals surface area (Å²) in [5.41, 5.74) is 0.794. The van der Waals surface area contributed by atoms with Crippen LogP contribution >= 0.6 is 0 Å². The monoisotopic (exact) mass is 280 g/mol. The molecule has 0 heterocycles. The highest BCUT2D eigenvalue weighted by Crippen LogP contribution is 2.29. The molecule has 1 aliphatic rings.